The summed E-state index contributed by atoms with van der Waals surface area (Å²) in [5, 5.41) is 3.37. The first-order valence-corrected chi connectivity index (χ1v) is 8.04. The van der Waals surface area contributed by atoms with Gasteiger partial charge in [-0.3, -0.25) is 4.72 Å². The Hall–Kier alpha value is -2.54. The Morgan fingerprint density at radius 2 is 1.73 bits per heavy atom. The maximum atomic E-state index is 12.4. The molecule has 114 valence electrons. The van der Waals surface area contributed by atoms with E-state index in [9.17, 15) is 8.42 Å². The van der Waals surface area contributed by atoms with E-state index in [1.54, 1.807) is 18.2 Å². The van der Waals surface area contributed by atoms with Crippen molar-refractivity contribution < 1.29 is 17.4 Å². The zero-order chi connectivity index (χ0) is 15.7. The van der Waals surface area contributed by atoms with Crippen LogP contribution in [0.5, 0.6) is 0 Å². The van der Waals surface area contributed by atoms with Crippen LogP contribution < -0.4 is 4.72 Å². The number of furan rings is 1. The Kier molecular flexibility index (Phi) is 3.50. The van der Waals surface area contributed by atoms with Gasteiger partial charge in [-0.25, -0.2) is 0 Å². The van der Waals surface area contributed by atoms with Crippen LogP contribution in [0.2, 0.25) is 0 Å². The Labute approximate surface area is 127 Å². The summed E-state index contributed by atoms with van der Waals surface area (Å²) in [6.07, 6.45) is 1.46. The van der Waals surface area contributed by atoms with E-state index in [0.29, 0.717) is 17.2 Å². The van der Waals surface area contributed by atoms with Gasteiger partial charge in [-0.05, 0) is 49.2 Å². The molecule has 0 aliphatic rings. The van der Waals surface area contributed by atoms with Gasteiger partial charge < -0.3 is 8.94 Å². The lowest BCUT2D eigenvalue weighted by Gasteiger charge is -2.07. The van der Waals surface area contributed by atoms with Gasteiger partial charge in [0.05, 0.1) is 6.20 Å². The van der Waals surface area contributed by atoms with Gasteiger partial charge in [0.1, 0.15) is 0 Å². The first kappa shape index (κ1) is 14.4. The molecule has 2 heterocycles. The lowest BCUT2D eigenvalue weighted by Crippen LogP contribution is -2.12. The van der Waals surface area contributed by atoms with Crippen LogP contribution in [-0.2, 0) is 10.0 Å². The quantitative estimate of drug-likeness (QED) is 0.797. The van der Waals surface area contributed by atoms with E-state index in [1.807, 2.05) is 19.9 Å². The predicted molar refractivity (Wildman–Crippen MR) is 80.9 cm³/mol. The minimum atomic E-state index is -3.80. The largest absolute Gasteiger partial charge is 0.439 e. The number of rotatable bonds is 4. The van der Waals surface area contributed by atoms with Crippen LogP contribution >= 0.6 is 0 Å². The predicted octanol–water partition coefficient (Wildman–Crippen LogP) is 3.35. The fourth-order valence-electron chi connectivity index (χ4n) is 2.18. The molecule has 0 saturated carbocycles. The fraction of sp³-hybridized carbons (Fsp3) is 0.133. The highest BCUT2D eigenvalue weighted by Gasteiger charge is 2.20. The van der Waals surface area contributed by atoms with E-state index in [4.69, 9.17) is 8.94 Å². The van der Waals surface area contributed by atoms with Crippen LogP contribution in [-0.4, -0.2) is 13.6 Å². The van der Waals surface area contributed by atoms with Crippen molar-refractivity contribution in [2.45, 2.75) is 18.9 Å². The monoisotopic (exact) mass is 318 g/mol. The number of aromatic nitrogens is 1. The van der Waals surface area contributed by atoms with E-state index in [1.165, 1.54) is 18.3 Å². The van der Waals surface area contributed by atoms with Gasteiger partial charge in [0, 0.05) is 11.8 Å². The standard InChI is InChI=1S/C15H14N2O4S/c1-10-7-11(2)9-12(8-10)17-22(18,19)15-4-3-13(20-15)14-5-6-16-21-14/h3-9,17H,1-2H3. The minimum absolute atomic E-state index is 0.182. The van der Waals surface area contributed by atoms with E-state index in [2.05, 4.69) is 9.88 Å². The maximum Gasteiger partial charge on any atom is 0.295 e. The first-order valence-electron chi connectivity index (χ1n) is 6.56. The number of hydrogen-bond donors (Lipinski definition) is 1. The molecule has 0 bridgehead atoms. The molecule has 0 fully saturated rings. The average molecular weight is 318 g/mol. The number of hydrogen-bond acceptors (Lipinski definition) is 5. The maximum absolute atomic E-state index is 12.4. The third kappa shape index (κ3) is 2.89. The second-order valence-electron chi connectivity index (χ2n) is 4.98. The molecule has 0 radical (unpaired) electrons. The van der Waals surface area contributed by atoms with Crippen molar-refractivity contribution in [3.8, 4) is 11.5 Å². The highest BCUT2D eigenvalue weighted by molar-refractivity contribution is 7.92. The van der Waals surface area contributed by atoms with E-state index in [-0.39, 0.29) is 5.09 Å². The molecule has 7 heteroatoms. The first-order chi connectivity index (χ1) is 10.4. The van der Waals surface area contributed by atoms with Crippen LogP contribution in [0.3, 0.4) is 0 Å². The molecule has 22 heavy (non-hydrogen) atoms. The van der Waals surface area contributed by atoms with Crippen LogP contribution in [0.15, 0.2) is 56.6 Å². The molecular weight excluding hydrogens is 304 g/mol. The second-order valence-corrected chi connectivity index (χ2v) is 6.59. The van der Waals surface area contributed by atoms with Crippen molar-refractivity contribution in [3.63, 3.8) is 0 Å². The molecule has 1 N–H and O–H groups in total. The zero-order valence-corrected chi connectivity index (χ0v) is 12.8. The summed E-state index contributed by atoms with van der Waals surface area (Å²) < 4.78 is 37.5. The van der Waals surface area contributed by atoms with Crippen molar-refractivity contribution in [1.29, 1.82) is 0 Å². The summed E-state index contributed by atoms with van der Waals surface area (Å²) in [6.45, 7) is 3.80. The van der Waals surface area contributed by atoms with Gasteiger partial charge in [-0.15, -0.1) is 0 Å². The average Bonchev–Trinajstić information content (AvgIpc) is 3.08. The van der Waals surface area contributed by atoms with Gasteiger partial charge in [0.2, 0.25) is 10.9 Å². The van der Waals surface area contributed by atoms with Crippen molar-refractivity contribution >= 4 is 15.7 Å². The highest BCUT2D eigenvalue weighted by atomic mass is 32.2. The molecule has 0 spiro atoms. The van der Waals surface area contributed by atoms with E-state index >= 15 is 0 Å². The van der Waals surface area contributed by atoms with E-state index < -0.39 is 10.0 Å². The number of benzene rings is 1. The molecule has 0 atom stereocenters. The summed E-state index contributed by atoms with van der Waals surface area (Å²) in [4.78, 5) is 0. The zero-order valence-electron chi connectivity index (χ0n) is 12.0. The smallest absolute Gasteiger partial charge is 0.295 e. The van der Waals surface area contributed by atoms with Crippen molar-refractivity contribution in [3.05, 3.63) is 53.7 Å². The lowest BCUT2D eigenvalue weighted by atomic mass is 10.1. The summed E-state index contributed by atoms with van der Waals surface area (Å²) in [7, 11) is -3.80. The van der Waals surface area contributed by atoms with Crippen molar-refractivity contribution in [2.75, 3.05) is 4.72 Å². The molecule has 3 aromatic rings. The Balaban J connectivity index is 1.90. The fourth-order valence-corrected chi connectivity index (χ4v) is 3.15. The topological polar surface area (TPSA) is 85.3 Å². The van der Waals surface area contributed by atoms with Gasteiger partial charge in [0.15, 0.2) is 5.76 Å². The molecule has 0 amide bonds. The Bertz CT molecular complexity index is 875. The molecule has 3 rings (SSSR count). The molecular formula is C15H14N2O4S. The number of aryl methyl sites for hydroxylation is 2. The molecule has 0 unspecified atom stereocenters. The van der Waals surface area contributed by atoms with Gasteiger partial charge in [-0.2, -0.15) is 8.42 Å². The molecule has 0 aliphatic carbocycles. The summed E-state index contributed by atoms with van der Waals surface area (Å²) in [5.74, 6) is 0.672. The summed E-state index contributed by atoms with van der Waals surface area (Å²) in [5.41, 5.74) is 2.44. The molecule has 0 aliphatic heterocycles. The second kappa shape index (κ2) is 5.34. The SMILES string of the molecule is Cc1cc(C)cc(NS(=O)(=O)c2ccc(-c3ccno3)o2)c1. The molecule has 0 saturated heterocycles. The normalized spacial score (nSPS) is 11.5. The molecule has 2 aromatic heterocycles. The lowest BCUT2D eigenvalue weighted by molar-refractivity contribution is 0.401. The van der Waals surface area contributed by atoms with Crippen molar-refractivity contribution in [2.24, 2.45) is 0 Å². The molecule has 6 nitrogen and oxygen atoms in total. The van der Waals surface area contributed by atoms with Crippen LogP contribution in [0.4, 0.5) is 5.69 Å². The summed E-state index contributed by atoms with van der Waals surface area (Å²) >= 11 is 0. The van der Waals surface area contributed by atoms with E-state index in [0.717, 1.165) is 11.1 Å². The highest BCUT2D eigenvalue weighted by Crippen LogP contribution is 2.26. The summed E-state index contributed by atoms with van der Waals surface area (Å²) in [6, 6.07) is 9.97. The third-order valence-corrected chi connectivity index (χ3v) is 4.25. The third-order valence-electron chi connectivity index (χ3n) is 3.00. The number of nitrogens with zero attached hydrogens (tertiary/aromatic N) is 1. The van der Waals surface area contributed by atoms with Crippen molar-refractivity contribution in [1.82, 2.24) is 5.16 Å². The molecule has 1 aromatic carbocycles. The van der Waals surface area contributed by atoms with Gasteiger partial charge in [0.25, 0.3) is 10.0 Å². The van der Waals surface area contributed by atoms with Crippen LogP contribution in [0.1, 0.15) is 11.1 Å². The number of anilines is 1. The minimum Gasteiger partial charge on any atom is -0.439 e. The number of nitrogens with one attached hydrogen (secondary N) is 1. The Morgan fingerprint density at radius 3 is 2.36 bits per heavy atom. The number of sulfonamides is 1. The van der Waals surface area contributed by atoms with Crippen LogP contribution in [0.25, 0.3) is 11.5 Å². The Morgan fingerprint density at radius 1 is 1.00 bits per heavy atom. The van der Waals surface area contributed by atoms with Gasteiger partial charge >= 0.3 is 0 Å². The van der Waals surface area contributed by atoms with Gasteiger partial charge in [-0.1, -0.05) is 11.2 Å². The van der Waals surface area contributed by atoms with Crippen LogP contribution in [0, 0.1) is 13.8 Å².